The Bertz CT molecular complexity index is 3180. The maximum Gasteiger partial charge on any atom is 0.143 e. The number of rotatable bonds is 2. The van der Waals surface area contributed by atoms with Crippen molar-refractivity contribution in [2.45, 2.75) is 0 Å². The van der Waals surface area contributed by atoms with Gasteiger partial charge in [-0.3, -0.25) is 0 Å². The van der Waals surface area contributed by atoms with Gasteiger partial charge in [-0.25, -0.2) is 0 Å². The highest BCUT2D eigenvalue weighted by atomic mass is 16.3. The molecule has 2 heterocycles. The van der Waals surface area contributed by atoms with Gasteiger partial charge in [0.2, 0.25) is 0 Å². The second-order valence-electron chi connectivity index (χ2n) is 9.34. The van der Waals surface area contributed by atoms with Gasteiger partial charge in [-0.05, 0) is 61.6 Å². The summed E-state index contributed by atoms with van der Waals surface area (Å²) in [5, 5.41) is -0.00946. The summed E-state index contributed by atoms with van der Waals surface area (Å²) < 4.78 is 146. The molecule has 0 aliphatic carbocycles. The summed E-state index contributed by atoms with van der Waals surface area (Å²) >= 11 is 0. The van der Waals surface area contributed by atoms with Crippen LogP contribution in [0.15, 0.2) is 142 Å². The number of benzene rings is 7. The number of hydrogen-bond donors (Lipinski definition) is 0. The molecule has 0 saturated carbocycles. The number of furan rings is 2. The van der Waals surface area contributed by atoms with Crippen molar-refractivity contribution in [1.82, 2.24) is 0 Å². The molecule has 0 aliphatic heterocycles. The van der Waals surface area contributed by atoms with E-state index in [0.29, 0.717) is 21.9 Å². The van der Waals surface area contributed by atoms with Gasteiger partial charge in [0.05, 0.1) is 26.8 Å². The van der Waals surface area contributed by atoms with Crippen molar-refractivity contribution in [1.29, 1.82) is 0 Å². The highest BCUT2D eigenvalue weighted by molar-refractivity contribution is 6.26. The first-order valence-corrected chi connectivity index (χ1v) is 12.4. The van der Waals surface area contributed by atoms with Crippen molar-refractivity contribution in [3.05, 3.63) is 133 Å². The van der Waals surface area contributed by atoms with Crippen LogP contribution in [-0.2, 0) is 0 Å². The Morgan fingerprint density at radius 3 is 1.88 bits per heavy atom. The van der Waals surface area contributed by atoms with Crippen molar-refractivity contribution in [2.24, 2.45) is 0 Å². The maximum absolute atomic E-state index is 9.33. The topological polar surface area (TPSA) is 26.3 Å². The highest BCUT2D eigenvalue weighted by Gasteiger charge is 2.21. The monoisotopic (exact) mass is 525 g/mol. The van der Waals surface area contributed by atoms with Gasteiger partial charge in [-0.2, -0.15) is 0 Å². The standard InChI is InChI=1S/C38H22O2/c1-2-11-25-23(9-1)10-7-16-26(25)36-27-12-3-5-14-29(27)37(30-15-6-4-13-28(30)36)32-18-8-17-31-33-22-34-24(19-20-39-34)21-35(33)40-38(31)32/h1-22H/i1D,2D,3D,4D,5D,6D,7D,9D,10D,11D,12D,13D,14D,15D,16D. The molecule has 0 unspecified atom stereocenters. The van der Waals surface area contributed by atoms with Gasteiger partial charge < -0.3 is 8.83 Å². The van der Waals surface area contributed by atoms with Crippen molar-refractivity contribution < 1.29 is 29.4 Å². The molecule has 0 fully saturated rings. The maximum atomic E-state index is 9.33. The summed E-state index contributed by atoms with van der Waals surface area (Å²) in [5.41, 5.74) is 0.594. The first kappa shape index (κ1) is 11.8. The zero-order chi connectivity index (χ0) is 39.3. The third-order valence-electron chi connectivity index (χ3n) is 7.28. The molecule has 0 N–H and O–H groups in total. The van der Waals surface area contributed by atoms with E-state index in [0.717, 1.165) is 5.39 Å². The van der Waals surface area contributed by atoms with E-state index in [-0.39, 0.29) is 43.8 Å². The largest absolute Gasteiger partial charge is 0.464 e. The molecule has 0 saturated heterocycles. The molecule has 40 heavy (non-hydrogen) atoms. The van der Waals surface area contributed by atoms with E-state index < -0.39 is 107 Å². The Kier molecular flexibility index (Phi) is 2.39. The molecule has 0 spiro atoms. The molecule has 7 aromatic carbocycles. The molecule has 0 radical (unpaired) electrons. The first-order chi connectivity index (χ1) is 26.1. The molecule has 2 nitrogen and oxygen atoms in total. The second-order valence-corrected chi connectivity index (χ2v) is 9.34. The molecule has 9 rings (SSSR count). The lowest BCUT2D eigenvalue weighted by atomic mass is 9.84. The van der Waals surface area contributed by atoms with Crippen molar-refractivity contribution in [3.8, 4) is 22.3 Å². The van der Waals surface area contributed by atoms with Gasteiger partial charge in [0.25, 0.3) is 0 Å². The van der Waals surface area contributed by atoms with Crippen LogP contribution in [0.1, 0.15) is 20.6 Å². The normalized spacial score (nSPS) is 17.2. The summed E-state index contributed by atoms with van der Waals surface area (Å²) in [6, 6.07) is -0.0550. The molecule has 0 bridgehead atoms. The summed E-state index contributed by atoms with van der Waals surface area (Å²) in [6.45, 7) is 0. The summed E-state index contributed by atoms with van der Waals surface area (Å²) in [5.74, 6) is 0. The average Bonchev–Trinajstić information content (AvgIpc) is 3.79. The molecule has 186 valence electrons. The minimum absolute atomic E-state index is 0.0398. The Labute approximate surface area is 250 Å². The molecule has 0 aliphatic rings. The number of para-hydroxylation sites is 1. The third-order valence-corrected chi connectivity index (χ3v) is 7.28. The minimum Gasteiger partial charge on any atom is -0.464 e. The first-order valence-electron chi connectivity index (χ1n) is 19.9. The van der Waals surface area contributed by atoms with Crippen LogP contribution in [0.2, 0.25) is 0 Å². The fourth-order valence-corrected chi connectivity index (χ4v) is 5.59. The van der Waals surface area contributed by atoms with E-state index in [9.17, 15) is 6.85 Å². The van der Waals surface area contributed by atoms with Crippen LogP contribution in [0.25, 0.3) is 87.5 Å². The lowest BCUT2D eigenvalue weighted by molar-refractivity contribution is 0.616. The fraction of sp³-hybridized carbons (Fsp3) is 0. The van der Waals surface area contributed by atoms with E-state index in [4.69, 9.17) is 22.5 Å². The zero-order valence-corrected chi connectivity index (χ0v) is 20.4. The average molecular weight is 526 g/mol. The van der Waals surface area contributed by atoms with Gasteiger partial charge in [-0.1, -0.05) is 109 Å². The van der Waals surface area contributed by atoms with Crippen LogP contribution in [0.5, 0.6) is 0 Å². The van der Waals surface area contributed by atoms with Crippen molar-refractivity contribution >= 4 is 65.2 Å². The molecule has 2 aromatic heterocycles. The van der Waals surface area contributed by atoms with Crippen molar-refractivity contribution in [3.63, 3.8) is 0 Å². The van der Waals surface area contributed by atoms with Gasteiger partial charge in [-0.15, -0.1) is 0 Å². The minimum atomic E-state index is -0.766. The predicted molar refractivity (Wildman–Crippen MR) is 167 cm³/mol. The van der Waals surface area contributed by atoms with E-state index >= 15 is 0 Å². The third kappa shape index (κ3) is 2.93. The van der Waals surface area contributed by atoms with Crippen molar-refractivity contribution in [2.75, 3.05) is 0 Å². The SMILES string of the molecule is [2H]c1c([2H])c([2H])c2c(-c3c4c([2H])c([2H])c([2H])c([2H])c4c(-c4cccc5c4oc4cc6ccoc6cc45)c4c([2H])c([2H])c([2H])c([2H])c34)c([2H])c([2H])c([2H])c2c1[2H]. The predicted octanol–water partition coefficient (Wildman–Crippen LogP) is 11.1. The van der Waals surface area contributed by atoms with Gasteiger partial charge in [0.15, 0.2) is 0 Å². The van der Waals surface area contributed by atoms with E-state index in [1.807, 2.05) is 0 Å². The lowest BCUT2D eigenvalue weighted by Gasteiger charge is -2.18. The van der Waals surface area contributed by atoms with Crippen LogP contribution < -0.4 is 0 Å². The molecule has 0 amide bonds. The van der Waals surface area contributed by atoms with Gasteiger partial charge >= 0.3 is 0 Å². The van der Waals surface area contributed by atoms with Crippen LogP contribution in [0, 0.1) is 0 Å². The van der Waals surface area contributed by atoms with Crippen LogP contribution in [0.4, 0.5) is 0 Å². The number of fused-ring (bicyclic) bond motifs is 7. The highest BCUT2D eigenvalue weighted by Crippen LogP contribution is 2.47. The van der Waals surface area contributed by atoms with Gasteiger partial charge in [0.1, 0.15) is 16.7 Å². The molecule has 9 aromatic rings. The second kappa shape index (κ2) is 8.08. The Hall–Kier alpha value is -5.34. The Balaban J connectivity index is 1.63. The van der Waals surface area contributed by atoms with Crippen LogP contribution in [0.3, 0.4) is 0 Å². The van der Waals surface area contributed by atoms with Crippen LogP contribution >= 0.6 is 0 Å². The molecular weight excluding hydrogens is 488 g/mol. The summed E-state index contributed by atoms with van der Waals surface area (Å²) in [7, 11) is 0. The Morgan fingerprint density at radius 1 is 0.475 bits per heavy atom. The van der Waals surface area contributed by atoms with E-state index in [2.05, 4.69) is 0 Å². The fourth-order valence-electron chi connectivity index (χ4n) is 5.59. The molecule has 0 atom stereocenters. The Morgan fingerprint density at radius 2 is 1.12 bits per heavy atom. The molecular formula is C38H22O2. The quantitative estimate of drug-likeness (QED) is 0.210. The zero-order valence-electron chi connectivity index (χ0n) is 35.4. The van der Waals surface area contributed by atoms with Crippen LogP contribution in [-0.4, -0.2) is 0 Å². The summed E-state index contributed by atoms with van der Waals surface area (Å²) in [4.78, 5) is 0. The smallest absolute Gasteiger partial charge is 0.143 e. The number of hydrogen-bond acceptors (Lipinski definition) is 2. The molecule has 2 heteroatoms. The van der Waals surface area contributed by atoms with E-state index in [1.54, 1.807) is 36.4 Å². The van der Waals surface area contributed by atoms with E-state index in [1.165, 1.54) is 6.26 Å². The lowest BCUT2D eigenvalue weighted by Crippen LogP contribution is -1.91. The van der Waals surface area contributed by atoms with Gasteiger partial charge in [0, 0.05) is 27.3 Å². The summed E-state index contributed by atoms with van der Waals surface area (Å²) in [6.07, 6.45) is 1.54.